The van der Waals surface area contributed by atoms with Crippen LogP contribution in [0.1, 0.15) is 11.1 Å². The lowest BCUT2D eigenvalue weighted by Gasteiger charge is -2.14. The summed E-state index contributed by atoms with van der Waals surface area (Å²) in [5.74, 6) is 0.686. The molecule has 0 aromatic heterocycles. The van der Waals surface area contributed by atoms with Crippen LogP contribution in [0.15, 0.2) is 47.5 Å². The molecule has 0 unspecified atom stereocenters. The van der Waals surface area contributed by atoms with E-state index in [0.29, 0.717) is 0 Å². The van der Waals surface area contributed by atoms with Gasteiger partial charge in [0.25, 0.3) is 5.69 Å². The highest BCUT2D eigenvalue weighted by Gasteiger charge is 2.18. The summed E-state index contributed by atoms with van der Waals surface area (Å²) in [6.07, 6.45) is 0. The third-order valence-electron chi connectivity index (χ3n) is 3.51. The molecule has 1 N–H and O–H groups in total. The zero-order chi connectivity index (χ0) is 17.8. The summed E-state index contributed by atoms with van der Waals surface area (Å²) in [6.45, 7) is 1.77. The first-order valence-corrected chi connectivity index (χ1v) is 9.47. The predicted octanol–water partition coefficient (Wildman–Crippen LogP) is 4.51. The van der Waals surface area contributed by atoms with Crippen LogP contribution >= 0.6 is 23.5 Å². The molecule has 0 atom stereocenters. The van der Waals surface area contributed by atoms with Crippen LogP contribution in [-0.4, -0.2) is 21.0 Å². The minimum Gasteiger partial charge on any atom is -0.320 e. The lowest BCUT2D eigenvalue weighted by atomic mass is 10.2. The van der Waals surface area contributed by atoms with Gasteiger partial charge < -0.3 is 5.32 Å². The Balaban J connectivity index is 1.63. The smallest absolute Gasteiger partial charge is 0.293 e. The van der Waals surface area contributed by atoms with Gasteiger partial charge in [0, 0.05) is 11.8 Å². The normalized spacial score (nSPS) is 12.9. The van der Waals surface area contributed by atoms with Gasteiger partial charge in [-0.25, -0.2) is 4.99 Å². The number of carbonyl (C=O) groups excluding carboxylic acids is 1. The van der Waals surface area contributed by atoms with E-state index in [9.17, 15) is 14.9 Å². The van der Waals surface area contributed by atoms with E-state index in [1.807, 2.05) is 24.3 Å². The molecule has 1 aliphatic rings. The Labute approximate surface area is 153 Å². The molecule has 1 heterocycles. The predicted molar refractivity (Wildman–Crippen MR) is 104 cm³/mol. The van der Waals surface area contributed by atoms with E-state index in [2.05, 4.69) is 10.3 Å². The van der Waals surface area contributed by atoms with E-state index >= 15 is 0 Å². The molecule has 25 heavy (non-hydrogen) atoms. The van der Waals surface area contributed by atoms with Crippen LogP contribution in [-0.2, 0) is 10.5 Å². The van der Waals surface area contributed by atoms with Crippen LogP contribution in [0.2, 0.25) is 0 Å². The molecule has 0 aliphatic carbocycles. The van der Waals surface area contributed by atoms with Crippen LogP contribution in [0.4, 0.5) is 17.1 Å². The molecule has 0 saturated heterocycles. The zero-order valence-corrected chi connectivity index (χ0v) is 15.0. The lowest BCUT2D eigenvalue weighted by Crippen LogP contribution is -2.16. The molecule has 6 nitrogen and oxygen atoms in total. The Morgan fingerprint density at radius 1 is 1.36 bits per heavy atom. The number of nitrogens with zero attached hydrogens (tertiary/aromatic N) is 2. The average Bonchev–Trinajstić information content (AvgIpc) is 2.61. The van der Waals surface area contributed by atoms with Gasteiger partial charge in [-0.05, 0) is 30.2 Å². The average molecular weight is 373 g/mol. The van der Waals surface area contributed by atoms with Crippen molar-refractivity contribution in [2.24, 2.45) is 4.99 Å². The summed E-state index contributed by atoms with van der Waals surface area (Å²) in [4.78, 5) is 27.3. The quantitative estimate of drug-likeness (QED) is 0.629. The molecule has 0 fully saturated rings. The first kappa shape index (κ1) is 17.5. The largest absolute Gasteiger partial charge is 0.320 e. The highest BCUT2D eigenvalue weighted by atomic mass is 32.2. The maximum Gasteiger partial charge on any atom is 0.293 e. The van der Waals surface area contributed by atoms with Gasteiger partial charge in [0.15, 0.2) is 0 Å². The number of nitro groups is 1. The number of nitro benzene ring substituents is 1. The van der Waals surface area contributed by atoms with Crippen molar-refractivity contribution in [3.63, 3.8) is 0 Å². The van der Waals surface area contributed by atoms with Gasteiger partial charge in [0.05, 0.1) is 16.4 Å². The molecular formula is C17H15N3O3S2. The van der Waals surface area contributed by atoms with Gasteiger partial charge in [0.1, 0.15) is 10.1 Å². The molecule has 2 aromatic carbocycles. The first-order valence-electron chi connectivity index (χ1n) is 7.50. The number of aryl methyl sites for hydroxylation is 1. The van der Waals surface area contributed by atoms with Crippen molar-refractivity contribution in [3.8, 4) is 0 Å². The third kappa shape index (κ3) is 4.40. The van der Waals surface area contributed by atoms with Crippen LogP contribution in [0.5, 0.6) is 0 Å². The number of hydrogen-bond donors (Lipinski definition) is 1. The molecule has 1 aliphatic heterocycles. The zero-order valence-electron chi connectivity index (χ0n) is 13.4. The fourth-order valence-corrected chi connectivity index (χ4v) is 4.16. The first-order chi connectivity index (χ1) is 12.0. The van der Waals surface area contributed by atoms with Crippen molar-refractivity contribution in [1.82, 2.24) is 0 Å². The van der Waals surface area contributed by atoms with Gasteiger partial charge in [-0.1, -0.05) is 47.8 Å². The molecule has 1 amide bonds. The van der Waals surface area contributed by atoms with E-state index in [4.69, 9.17) is 0 Å². The van der Waals surface area contributed by atoms with Crippen molar-refractivity contribution < 1.29 is 9.72 Å². The molecule has 0 bridgehead atoms. The van der Waals surface area contributed by atoms with E-state index in [1.54, 1.807) is 30.8 Å². The molecule has 0 spiro atoms. The maximum atomic E-state index is 12.1. The number of amides is 1. The minimum absolute atomic E-state index is 0.100. The number of para-hydroxylation sites is 1. The highest BCUT2D eigenvalue weighted by molar-refractivity contribution is 8.38. The molecule has 0 radical (unpaired) electrons. The van der Waals surface area contributed by atoms with E-state index in [-0.39, 0.29) is 23.0 Å². The van der Waals surface area contributed by atoms with Crippen molar-refractivity contribution >= 4 is 50.9 Å². The number of thioether (sulfide) groups is 2. The summed E-state index contributed by atoms with van der Waals surface area (Å²) in [5.41, 5.74) is 2.99. The Morgan fingerprint density at radius 3 is 2.96 bits per heavy atom. The van der Waals surface area contributed by atoms with Crippen LogP contribution in [0.3, 0.4) is 0 Å². The summed E-state index contributed by atoms with van der Waals surface area (Å²) < 4.78 is 0.826. The summed E-state index contributed by atoms with van der Waals surface area (Å²) in [5, 5.41) is 13.7. The Morgan fingerprint density at radius 2 is 2.16 bits per heavy atom. The fourth-order valence-electron chi connectivity index (χ4n) is 2.30. The summed E-state index contributed by atoms with van der Waals surface area (Å²) in [7, 11) is 0. The van der Waals surface area contributed by atoms with Crippen molar-refractivity contribution in [2.75, 3.05) is 11.1 Å². The number of rotatable bonds is 4. The number of benzene rings is 2. The van der Waals surface area contributed by atoms with Gasteiger partial charge in [-0.2, -0.15) is 0 Å². The van der Waals surface area contributed by atoms with E-state index in [1.165, 1.54) is 23.4 Å². The topological polar surface area (TPSA) is 84.6 Å². The second kappa shape index (κ2) is 7.71. The summed E-state index contributed by atoms with van der Waals surface area (Å²) >= 11 is 2.93. The SMILES string of the molecule is Cc1ccc(NC(=O)CSC2=Nc3ccccc3CS2)c([N+](=O)[O-])c1. The highest BCUT2D eigenvalue weighted by Crippen LogP contribution is 2.34. The number of fused-ring (bicyclic) bond motifs is 1. The Hall–Kier alpha value is -2.32. The van der Waals surface area contributed by atoms with Crippen LogP contribution in [0.25, 0.3) is 0 Å². The van der Waals surface area contributed by atoms with E-state index in [0.717, 1.165) is 21.4 Å². The van der Waals surface area contributed by atoms with Gasteiger partial charge in [-0.15, -0.1) is 0 Å². The van der Waals surface area contributed by atoms with E-state index < -0.39 is 4.92 Å². The monoisotopic (exact) mass is 373 g/mol. The summed E-state index contributed by atoms with van der Waals surface area (Å²) in [6, 6.07) is 12.6. The lowest BCUT2D eigenvalue weighted by molar-refractivity contribution is -0.384. The Kier molecular flexibility index (Phi) is 5.40. The number of anilines is 1. The van der Waals surface area contributed by atoms with Crippen LogP contribution < -0.4 is 5.32 Å². The molecule has 0 saturated carbocycles. The molecule has 8 heteroatoms. The number of carbonyl (C=O) groups is 1. The van der Waals surface area contributed by atoms with Crippen molar-refractivity contribution in [2.45, 2.75) is 12.7 Å². The molecule has 3 rings (SSSR count). The number of aliphatic imine (C=N–C) groups is 1. The van der Waals surface area contributed by atoms with Crippen molar-refractivity contribution in [3.05, 3.63) is 63.7 Å². The van der Waals surface area contributed by atoms with Crippen molar-refractivity contribution in [1.29, 1.82) is 0 Å². The second-order valence-corrected chi connectivity index (χ2v) is 7.60. The molecule has 128 valence electrons. The molecular weight excluding hydrogens is 358 g/mol. The minimum atomic E-state index is -0.492. The number of nitrogens with one attached hydrogen (secondary N) is 1. The maximum absolute atomic E-state index is 12.1. The second-order valence-electron chi connectivity index (χ2n) is 5.41. The van der Waals surface area contributed by atoms with Gasteiger partial charge in [0.2, 0.25) is 5.91 Å². The Bertz CT molecular complexity index is 868. The van der Waals surface area contributed by atoms with Gasteiger partial charge in [-0.3, -0.25) is 14.9 Å². The van der Waals surface area contributed by atoms with Gasteiger partial charge >= 0.3 is 0 Å². The fraction of sp³-hybridized carbons (Fsp3) is 0.176. The number of hydrogen-bond acceptors (Lipinski definition) is 6. The standard InChI is InChI=1S/C17H15N3O3S2/c1-11-6-7-14(15(8-11)20(22)23)18-16(21)10-25-17-19-13-5-3-2-4-12(13)9-24-17/h2-8H,9-10H2,1H3,(H,18,21). The molecule has 2 aromatic rings. The third-order valence-corrected chi connectivity index (χ3v) is 5.75. The van der Waals surface area contributed by atoms with Crippen LogP contribution in [0, 0.1) is 17.0 Å².